The molecule has 16 heavy (non-hydrogen) atoms. The molecule has 2 aromatic heterocycles. The fourth-order valence-electron chi connectivity index (χ4n) is 2.48. The number of nitrogens with zero attached hydrogens (tertiary/aromatic N) is 1. The molecule has 0 spiro atoms. The first-order valence-electron chi connectivity index (χ1n) is 5.40. The van der Waals surface area contributed by atoms with Crippen LogP contribution in [0.1, 0.15) is 24.8 Å². The molecule has 0 aliphatic heterocycles. The van der Waals surface area contributed by atoms with Crippen LogP contribution in [0.25, 0.3) is 11.0 Å². The minimum Gasteiger partial charge on any atom is -0.481 e. The Bertz CT molecular complexity index is 555. The molecule has 3 rings (SSSR count). The second-order valence-corrected chi connectivity index (χ2v) is 4.34. The van der Waals surface area contributed by atoms with Gasteiger partial charge >= 0.3 is 5.97 Å². The Morgan fingerprint density at radius 2 is 2.31 bits per heavy atom. The summed E-state index contributed by atoms with van der Waals surface area (Å²) in [7, 11) is 0. The van der Waals surface area contributed by atoms with Gasteiger partial charge in [-0.3, -0.25) is 4.79 Å². The maximum absolute atomic E-state index is 11.4. The van der Waals surface area contributed by atoms with Crippen LogP contribution in [0.3, 0.4) is 0 Å². The molecule has 0 unspecified atom stereocenters. The maximum atomic E-state index is 11.4. The van der Waals surface area contributed by atoms with E-state index in [0.29, 0.717) is 0 Å². The van der Waals surface area contributed by atoms with Crippen molar-refractivity contribution < 1.29 is 9.90 Å². The van der Waals surface area contributed by atoms with Crippen LogP contribution < -0.4 is 0 Å². The summed E-state index contributed by atoms with van der Waals surface area (Å²) in [6.07, 6.45) is 5.94. The highest BCUT2D eigenvalue weighted by Gasteiger charge is 2.47. The number of carboxylic acid groups (broad SMARTS) is 1. The van der Waals surface area contributed by atoms with E-state index in [0.717, 1.165) is 35.9 Å². The SMILES string of the molecule is O=C(O)C1(c2c[nH]c3ncccc23)CCC1. The first kappa shape index (κ1) is 9.39. The molecule has 1 saturated carbocycles. The minimum absolute atomic E-state index is 0.679. The van der Waals surface area contributed by atoms with Crippen molar-refractivity contribution in [1.82, 2.24) is 9.97 Å². The second kappa shape index (κ2) is 3.07. The Morgan fingerprint density at radius 1 is 1.50 bits per heavy atom. The number of H-pyrrole nitrogens is 1. The van der Waals surface area contributed by atoms with Gasteiger partial charge in [0, 0.05) is 17.8 Å². The highest BCUT2D eigenvalue weighted by atomic mass is 16.4. The lowest BCUT2D eigenvalue weighted by molar-refractivity contribution is -0.147. The number of hydrogen-bond acceptors (Lipinski definition) is 2. The zero-order valence-electron chi connectivity index (χ0n) is 8.73. The summed E-state index contributed by atoms with van der Waals surface area (Å²) in [5.41, 5.74) is 0.973. The molecule has 4 nitrogen and oxygen atoms in total. The largest absolute Gasteiger partial charge is 0.481 e. The average molecular weight is 216 g/mol. The normalized spacial score (nSPS) is 18.2. The van der Waals surface area contributed by atoms with Gasteiger partial charge in [-0.1, -0.05) is 6.42 Å². The van der Waals surface area contributed by atoms with Crippen LogP contribution in [0.5, 0.6) is 0 Å². The van der Waals surface area contributed by atoms with Gasteiger partial charge in [0.2, 0.25) is 0 Å². The van der Waals surface area contributed by atoms with E-state index in [2.05, 4.69) is 9.97 Å². The second-order valence-electron chi connectivity index (χ2n) is 4.34. The molecule has 1 fully saturated rings. The summed E-state index contributed by atoms with van der Waals surface area (Å²) < 4.78 is 0. The third-order valence-electron chi connectivity index (χ3n) is 3.58. The van der Waals surface area contributed by atoms with Gasteiger partial charge in [-0.2, -0.15) is 0 Å². The molecular weight excluding hydrogens is 204 g/mol. The van der Waals surface area contributed by atoms with Crippen LogP contribution in [0.4, 0.5) is 0 Å². The number of carbonyl (C=O) groups is 1. The molecule has 1 aliphatic carbocycles. The molecule has 0 amide bonds. The number of nitrogens with one attached hydrogen (secondary N) is 1. The monoisotopic (exact) mass is 216 g/mol. The van der Waals surface area contributed by atoms with Gasteiger partial charge in [-0.15, -0.1) is 0 Å². The van der Waals surface area contributed by atoms with Crippen molar-refractivity contribution in [3.8, 4) is 0 Å². The molecule has 0 aromatic carbocycles. The van der Waals surface area contributed by atoms with E-state index in [1.54, 1.807) is 12.4 Å². The quantitative estimate of drug-likeness (QED) is 0.807. The highest BCUT2D eigenvalue weighted by Crippen LogP contribution is 2.46. The average Bonchev–Trinajstić information content (AvgIpc) is 2.61. The standard InChI is InChI=1S/C12H12N2O2/c15-11(16)12(4-2-5-12)9-7-14-10-8(9)3-1-6-13-10/h1,3,6-7H,2,4-5H2,(H,13,14)(H,15,16). The van der Waals surface area contributed by atoms with Gasteiger partial charge in [0.15, 0.2) is 0 Å². The van der Waals surface area contributed by atoms with Gasteiger partial charge in [0.1, 0.15) is 5.65 Å². The van der Waals surface area contributed by atoms with E-state index in [4.69, 9.17) is 0 Å². The van der Waals surface area contributed by atoms with Crippen molar-refractivity contribution in [3.05, 3.63) is 30.1 Å². The lowest BCUT2D eigenvalue weighted by Crippen LogP contribution is -2.42. The molecule has 82 valence electrons. The van der Waals surface area contributed by atoms with Crippen LogP contribution in [0.2, 0.25) is 0 Å². The van der Waals surface area contributed by atoms with Gasteiger partial charge < -0.3 is 10.1 Å². The summed E-state index contributed by atoms with van der Waals surface area (Å²) in [5.74, 6) is -0.719. The topological polar surface area (TPSA) is 66.0 Å². The lowest BCUT2D eigenvalue weighted by Gasteiger charge is -2.37. The zero-order chi connectivity index (χ0) is 11.2. The highest BCUT2D eigenvalue weighted by molar-refractivity contribution is 5.91. The van der Waals surface area contributed by atoms with Crippen LogP contribution in [0, 0.1) is 0 Å². The van der Waals surface area contributed by atoms with Crippen LogP contribution >= 0.6 is 0 Å². The molecule has 1 aliphatic rings. The Hall–Kier alpha value is -1.84. The molecule has 0 radical (unpaired) electrons. The predicted molar refractivity (Wildman–Crippen MR) is 59.3 cm³/mol. The van der Waals surface area contributed by atoms with Crippen LogP contribution in [0.15, 0.2) is 24.5 Å². The molecule has 4 heteroatoms. The Labute approximate surface area is 92.3 Å². The predicted octanol–water partition coefficient (Wildman–Crippen LogP) is 2.07. The molecular formula is C12H12N2O2. The number of carboxylic acids is 1. The van der Waals surface area contributed by atoms with Gasteiger partial charge in [0.25, 0.3) is 0 Å². The lowest BCUT2D eigenvalue weighted by atomic mass is 9.64. The first-order valence-corrected chi connectivity index (χ1v) is 5.40. The summed E-state index contributed by atoms with van der Waals surface area (Å²) in [6.45, 7) is 0. The number of pyridine rings is 1. The fourth-order valence-corrected chi connectivity index (χ4v) is 2.48. The maximum Gasteiger partial charge on any atom is 0.314 e. The summed E-state index contributed by atoms with van der Waals surface area (Å²) in [6, 6.07) is 3.77. The van der Waals surface area contributed by atoms with Crippen molar-refractivity contribution >= 4 is 17.0 Å². The van der Waals surface area contributed by atoms with Gasteiger partial charge in [-0.05, 0) is 30.5 Å². The summed E-state index contributed by atoms with van der Waals surface area (Å²) >= 11 is 0. The van der Waals surface area contributed by atoms with E-state index in [1.165, 1.54) is 0 Å². The Kier molecular flexibility index (Phi) is 1.80. The number of fused-ring (bicyclic) bond motifs is 1. The van der Waals surface area contributed by atoms with E-state index >= 15 is 0 Å². The third-order valence-corrected chi connectivity index (χ3v) is 3.58. The Balaban J connectivity index is 2.22. The number of aromatic nitrogens is 2. The van der Waals surface area contributed by atoms with E-state index < -0.39 is 11.4 Å². The molecule has 0 bridgehead atoms. The molecule has 0 saturated heterocycles. The molecule has 0 atom stereocenters. The van der Waals surface area contributed by atoms with Crippen LogP contribution in [-0.4, -0.2) is 21.0 Å². The van der Waals surface area contributed by atoms with Crippen molar-refractivity contribution in [2.75, 3.05) is 0 Å². The van der Waals surface area contributed by atoms with E-state index in [1.807, 2.05) is 12.1 Å². The van der Waals surface area contributed by atoms with Gasteiger partial charge in [-0.25, -0.2) is 4.98 Å². The number of aliphatic carboxylic acids is 1. The number of rotatable bonds is 2. The number of aromatic amines is 1. The van der Waals surface area contributed by atoms with Gasteiger partial charge in [0.05, 0.1) is 5.41 Å². The first-order chi connectivity index (χ1) is 7.74. The summed E-state index contributed by atoms with van der Waals surface area (Å²) in [5, 5.41) is 10.3. The zero-order valence-corrected chi connectivity index (χ0v) is 8.73. The van der Waals surface area contributed by atoms with E-state index in [9.17, 15) is 9.90 Å². The van der Waals surface area contributed by atoms with E-state index in [-0.39, 0.29) is 0 Å². The Morgan fingerprint density at radius 3 is 2.94 bits per heavy atom. The molecule has 2 heterocycles. The smallest absolute Gasteiger partial charge is 0.314 e. The van der Waals surface area contributed by atoms with Crippen molar-refractivity contribution in [3.63, 3.8) is 0 Å². The summed E-state index contributed by atoms with van der Waals surface area (Å²) in [4.78, 5) is 18.6. The van der Waals surface area contributed by atoms with Crippen molar-refractivity contribution in [2.45, 2.75) is 24.7 Å². The molecule has 2 N–H and O–H groups in total. The number of hydrogen-bond donors (Lipinski definition) is 2. The van der Waals surface area contributed by atoms with Crippen molar-refractivity contribution in [2.24, 2.45) is 0 Å². The minimum atomic E-state index is -0.719. The van der Waals surface area contributed by atoms with Crippen LogP contribution in [-0.2, 0) is 10.2 Å². The fraction of sp³-hybridized carbons (Fsp3) is 0.333. The third kappa shape index (κ3) is 1.04. The van der Waals surface area contributed by atoms with Crippen molar-refractivity contribution in [1.29, 1.82) is 0 Å². The molecule has 2 aromatic rings.